The highest BCUT2D eigenvalue weighted by Crippen LogP contribution is 2.31. The van der Waals surface area contributed by atoms with Crippen LogP contribution in [-0.4, -0.2) is 33.6 Å². The molecule has 0 spiro atoms. The number of anilines is 1. The van der Waals surface area contributed by atoms with Crippen LogP contribution >= 0.6 is 11.8 Å². The minimum atomic E-state index is 0.258. The van der Waals surface area contributed by atoms with Crippen LogP contribution in [0.4, 0.5) is 5.82 Å². The molecule has 5 heteroatoms. The molecule has 1 saturated heterocycles. The van der Waals surface area contributed by atoms with Gasteiger partial charge in [0.1, 0.15) is 11.9 Å². The van der Waals surface area contributed by atoms with Crippen molar-refractivity contribution < 1.29 is 0 Å². The number of rotatable bonds is 1. The average Bonchev–Trinajstić information content (AvgIpc) is 2.28. The Morgan fingerprint density at radius 2 is 2.25 bits per heavy atom. The van der Waals surface area contributed by atoms with E-state index in [1.165, 1.54) is 6.20 Å². The summed E-state index contributed by atoms with van der Waals surface area (Å²) in [5.74, 6) is 1.97. The standard InChI is InChI=1S/C11H14N4S/c1-11(2)8-15(3-4-16-11)10-7-13-9(5-12)6-14-10/h6-7H,3-4,8H2,1-2H3. The van der Waals surface area contributed by atoms with Gasteiger partial charge >= 0.3 is 0 Å². The van der Waals surface area contributed by atoms with E-state index in [1.54, 1.807) is 6.20 Å². The summed E-state index contributed by atoms with van der Waals surface area (Å²) < 4.78 is 0.258. The summed E-state index contributed by atoms with van der Waals surface area (Å²) in [7, 11) is 0. The maximum Gasteiger partial charge on any atom is 0.158 e. The summed E-state index contributed by atoms with van der Waals surface area (Å²) in [6.45, 7) is 6.44. The van der Waals surface area contributed by atoms with E-state index >= 15 is 0 Å². The SMILES string of the molecule is CC1(C)CN(c2cnc(C#N)cn2)CCS1. The highest BCUT2D eigenvalue weighted by atomic mass is 32.2. The summed E-state index contributed by atoms with van der Waals surface area (Å²) in [6, 6.07) is 1.98. The van der Waals surface area contributed by atoms with Crippen molar-refractivity contribution in [3.63, 3.8) is 0 Å². The lowest BCUT2D eigenvalue weighted by Crippen LogP contribution is -2.43. The topological polar surface area (TPSA) is 52.8 Å². The molecule has 0 atom stereocenters. The third kappa shape index (κ3) is 2.45. The van der Waals surface area contributed by atoms with Crippen LogP contribution in [0.25, 0.3) is 0 Å². The van der Waals surface area contributed by atoms with E-state index in [4.69, 9.17) is 5.26 Å². The number of nitrogens with zero attached hydrogens (tertiary/aromatic N) is 4. The van der Waals surface area contributed by atoms with Crippen LogP contribution in [-0.2, 0) is 0 Å². The molecule has 0 bridgehead atoms. The van der Waals surface area contributed by atoms with Gasteiger partial charge in [0, 0.05) is 23.6 Å². The van der Waals surface area contributed by atoms with Crippen molar-refractivity contribution in [1.29, 1.82) is 5.26 Å². The molecule has 1 aliphatic rings. The van der Waals surface area contributed by atoms with Gasteiger partial charge in [0.15, 0.2) is 5.69 Å². The first-order chi connectivity index (χ1) is 7.61. The van der Waals surface area contributed by atoms with E-state index in [1.807, 2.05) is 17.8 Å². The maximum absolute atomic E-state index is 8.65. The third-order valence-corrected chi connectivity index (χ3v) is 3.80. The fourth-order valence-corrected chi connectivity index (χ4v) is 2.87. The van der Waals surface area contributed by atoms with E-state index in [0.29, 0.717) is 5.69 Å². The van der Waals surface area contributed by atoms with Crippen molar-refractivity contribution >= 4 is 17.6 Å². The molecule has 0 amide bonds. The summed E-state index contributed by atoms with van der Waals surface area (Å²) in [6.07, 6.45) is 3.22. The number of thioether (sulfide) groups is 1. The Labute approximate surface area is 99.7 Å². The highest BCUT2D eigenvalue weighted by Gasteiger charge is 2.27. The molecule has 16 heavy (non-hydrogen) atoms. The Morgan fingerprint density at radius 1 is 1.44 bits per heavy atom. The van der Waals surface area contributed by atoms with Gasteiger partial charge in [-0.2, -0.15) is 17.0 Å². The second-order valence-electron chi connectivity index (χ2n) is 4.40. The van der Waals surface area contributed by atoms with Crippen LogP contribution < -0.4 is 4.90 Å². The highest BCUT2D eigenvalue weighted by molar-refractivity contribution is 8.00. The van der Waals surface area contributed by atoms with Crippen LogP contribution in [0.15, 0.2) is 12.4 Å². The Kier molecular flexibility index (Phi) is 3.01. The molecule has 0 unspecified atom stereocenters. The fraction of sp³-hybridized carbons (Fsp3) is 0.545. The summed E-state index contributed by atoms with van der Waals surface area (Å²) in [5.41, 5.74) is 0.370. The first-order valence-electron chi connectivity index (χ1n) is 5.22. The first-order valence-corrected chi connectivity index (χ1v) is 6.20. The monoisotopic (exact) mass is 234 g/mol. The summed E-state index contributed by atoms with van der Waals surface area (Å²) >= 11 is 1.98. The van der Waals surface area contributed by atoms with Crippen LogP contribution in [0, 0.1) is 11.3 Å². The third-order valence-electron chi connectivity index (χ3n) is 2.50. The molecule has 1 aromatic heterocycles. The van der Waals surface area contributed by atoms with Crippen LogP contribution in [0.1, 0.15) is 19.5 Å². The maximum atomic E-state index is 8.65. The lowest BCUT2D eigenvalue weighted by molar-refractivity contribution is 0.641. The van der Waals surface area contributed by atoms with Gasteiger partial charge in [0.05, 0.1) is 12.4 Å². The molecule has 4 nitrogen and oxygen atoms in total. The smallest absolute Gasteiger partial charge is 0.158 e. The predicted octanol–water partition coefficient (Wildman–Crippen LogP) is 1.68. The molecule has 0 N–H and O–H groups in total. The van der Waals surface area contributed by atoms with E-state index < -0.39 is 0 Å². The lowest BCUT2D eigenvalue weighted by atomic mass is 10.2. The number of hydrogen-bond acceptors (Lipinski definition) is 5. The zero-order valence-electron chi connectivity index (χ0n) is 9.47. The van der Waals surface area contributed by atoms with E-state index in [2.05, 4.69) is 28.7 Å². The molecule has 0 saturated carbocycles. The van der Waals surface area contributed by atoms with Gasteiger partial charge in [0.25, 0.3) is 0 Å². The van der Waals surface area contributed by atoms with Gasteiger partial charge in [-0.3, -0.25) is 0 Å². The van der Waals surface area contributed by atoms with Crippen molar-refractivity contribution in [3.05, 3.63) is 18.1 Å². The zero-order valence-corrected chi connectivity index (χ0v) is 10.3. The molecule has 0 radical (unpaired) electrons. The van der Waals surface area contributed by atoms with Gasteiger partial charge in [-0.15, -0.1) is 0 Å². The fourth-order valence-electron chi connectivity index (χ4n) is 1.75. The van der Waals surface area contributed by atoms with Crippen molar-refractivity contribution in [2.45, 2.75) is 18.6 Å². The molecule has 1 aromatic rings. The predicted molar refractivity (Wildman–Crippen MR) is 65.5 cm³/mol. The Morgan fingerprint density at radius 3 is 2.81 bits per heavy atom. The van der Waals surface area contributed by atoms with Gasteiger partial charge < -0.3 is 4.90 Å². The van der Waals surface area contributed by atoms with Gasteiger partial charge in [-0.05, 0) is 13.8 Å². The van der Waals surface area contributed by atoms with Crippen LogP contribution in [0.2, 0.25) is 0 Å². The molecule has 84 valence electrons. The van der Waals surface area contributed by atoms with Crippen molar-refractivity contribution in [2.75, 3.05) is 23.7 Å². The molecule has 2 heterocycles. The van der Waals surface area contributed by atoms with E-state index in [-0.39, 0.29) is 4.75 Å². The largest absolute Gasteiger partial charge is 0.353 e. The molecule has 1 fully saturated rings. The summed E-state index contributed by atoms with van der Waals surface area (Å²) in [4.78, 5) is 10.5. The van der Waals surface area contributed by atoms with Crippen LogP contribution in [0.3, 0.4) is 0 Å². The second-order valence-corrected chi connectivity index (χ2v) is 6.20. The Balaban J connectivity index is 2.15. The summed E-state index contributed by atoms with van der Waals surface area (Å²) in [5, 5.41) is 8.65. The first kappa shape index (κ1) is 11.2. The van der Waals surface area contributed by atoms with Crippen molar-refractivity contribution in [2.24, 2.45) is 0 Å². The zero-order chi connectivity index (χ0) is 11.6. The molecule has 0 aliphatic carbocycles. The average molecular weight is 234 g/mol. The van der Waals surface area contributed by atoms with Gasteiger partial charge in [0.2, 0.25) is 0 Å². The number of aromatic nitrogens is 2. The van der Waals surface area contributed by atoms with E-state index in [9.17, 15) is 0 Å². The second kappa shape index (κ2) is 4.30. The number of nitriles is 1. The molecule has 2 rings (SSSR count). The van der Waals surface area contributed by atoms with E-state index in [0.717, 1.165) is 24.7 Å². The molecule has 0 aromatic carbocycles. The molecular formula is C11H14N4S. The quantitative estimate of drug-likeness (QED) is 0.740. The van der Waals surface area contributed by atoms with Crippen molar-refractivity contribution in [3.8, 4) is 6.07 Å². The van der Waals surface area contributed by atoms with Gasteiger partial charge in [-0.25, -0.2) is 9.97 Å². The number of hydrogen-bond donors (Lipinski definition) is 0. The minimum Gasteiger partial charge on any atom is -0.353 e. The Bertz CT molecular complexity index is 407. The molecule has 1 aliphatic heterocycles. The minimum absolute atomic E-state index is 0.258. The van der Waals surface area contributed by atoms with Crippen LogP contribution in [0.5, 0.6) is 0 Å². The van der Waals surface area contributed by atoms with Crippen molar-refractivity contribution in [1.82, 2.24) is 9.97 Å². The Hall–Kier alpha value is -1.28. The molecular weight excluding hydrogens is 220 g/mol. The normalized spacial score (nSPS) is 19.2. The van der Waals surface area contributed by atoms with Gasteiger partial charge in [-0.1, -0.05) is 0 Å². The lowest BCUT2D eigenvalue weighted by Gasteiger charge is -2.37.